The molecule has 0 unspecified atom stereocenters. The van der Waals surface area contributed by atoms with Gasteiger partial charge in [-0.3, -0.25) is 0 Å². The van der Waals surface area contributed by atoms with Gasteiger partial charge in [0.05, 0.1) is 23.3 Å². The highest BCUT2D eigenvalue weighted by Gasteiger charge is 2.30. The van der Waals surface area contributed by atoms with Crippen molar-refractivity contribution in [2.45, 2.75) is 46.1 Å². The third-order valence-corrected chi connectivity index (χ3v) is 6.31. The molecule has 0 radical (unpaired) electrons. The summed E-state index contributed by atoms with van der Waals surface area (Å²) in [6.45, 7) is 8.24. The molecule has 0 saturated heterocycles. The normalized spacial score (nSPS) is 13.6. The molecule has 0 spiro atoms. The molecule has 6 heteroatoms. The minimum Gasteiger partial charge on any atom is -0.495 e. The van der Waals surface area contributed by atoms with Gasteiger partial charge in [0.25, 0.3) is 0 Å². The van der Waals surface area contributed by atoms with Crippen molar-refractivity contribution in [1.29, 1.82) is 0 Å². The summed E-state index contributed by atoms with van der Waals surface area (Å²) in [6.07, 6.45) is 2.20. The lowest BCUT2D eigenvalue weighted by Crippen LogP contribution is -2.16. The van der Waals surface area contributed by atoms with Gasteiger partial charge in [-0.2, -0.15) is 0 Å². The second-order valence-electron chi connectivity index (χ2n) is 7.34. The first-order valence-electron chi connectivity index (χ1n) is 9.80. The first-order valence-corrected chi connectivity index (χ1v) is 10.6. The Kier molecular flexibility index (Phi) is 5.19. The van der Waals surface area contributed by atoms with E-state index in [-0.39, 0.29) is 0 Å². The minimum atomic E-state index is 0.501. The number of methoxy groups -OCH3 is 1. The van der Waals surface area contributed by atoms with Crippen LogP contribution in [-0.4, -0.2) is 23.2 Å². The van der Waals surface area contributed by atoms with Crippen molar-refractivity contribution < 1.29 is 4.74 Å². The molecule has 0 bridgehead atoms. The average Bonchev–Trinajstić information content (AvgIpc) is 3.24. The number of ether oxygens (including phenoxy) is 1. The molecule has 28 heavy (non-hydrogen) atoms. The number of halogens is 2. The lowest BCUT2D eigenvalue weighted by molar-refractivity contribution is 0.415. The number of rotatable bonds is 5. The summed E-state index contributed by atoms with van der Waals surface area (Å²) in [5, 5.41) is 1.37. The number of aryl methyl sites for hydroxylation is 1. The number of aromatic nitrogens is 2. The van der Waals surface area contributed by atoms with Gasteiger partial charge in [0.15, 0.2) is 0 Å². The van der Waals surface area contributed by atoms with Crippen molar-refractivity contribution in [2.75, 3.05) is 18.6 Å². The van der Waals surface area contributed by atoms with Crippen LogP contribution in [0.15, 0.2) is 24.3 Å². The number of fused-ring (bicyclic) bond motifs is 3. The van der Waals surface area contributed by atoms with Gasteiger partial charge < -0.3 is 14.2 Å². The lowest BCUT2D eigenvalue weighted by Gasteiger charge is -2.21. The number of imidazole rings is 1. The number of nitrogens with zero attached hydrogens (tertiary/aromatic N) is 3. The minimum absolute atomic E-state index is 0.501. The largest absolute Gasteiger partial charge is 0.495 e. The molecule has 2 heterocycles. The van der Waals surface area contributed by atoms with Gasteiger partial charge in [-0.25, -0.2) is 4.98 Å². The highest BCUT2D eigenvalue weighted by atomic mass is 35.5. The predicted molar refractivity (Wildman–Crippen MR) is 118 cm³/mol. The molecule has 0 amide bonds. The Morgan fingerprint density at radius 1 is 1.14 bits per heavy atom. The van der Waals surface area contributed by atoms with E-state index in [1.807, 2.05) is 18.2 Å². The fraction of sp³-hybridized carbons (Fsp3) is 0.409. The quantitative estimate of drug-likeness (QED) is 0.461. The molecule has 0 aliphatic carbocycles. The van der Waals surface area contributed by atoms with Crippen LogP contribution in [0.1, 0.15) is 43.7 Å². The van der Waals surface area contributed by atoms with E-state index in [9.17, 15) is 0 Å². The van der Waals surface area contributed by atoms with Crippen LogP contribution in [0, 0.1) is 6.92 Å². The van der Waals surface area contributed by atoms with Crippen LogP contribution in [0.3, 0.4) is 0 Å². The second kappa shape index (κ2) is 7.49. The van der Waals surface area contributed by atoms with Gasteiger partial charge in [-0.15, -0.1) is 0 Å². The Labute approximate surface area is 176 Å². The van der Waals surface area contributed by atoms with Crippen LogP contribution in [0.2, 0.25) is 10.0 Å². The van der Waals surface area contributed by atoms with E-state index in [0.717, 1.165) is 54.4 Å². The van der Waals surface area contributed by atoms with Crippen molar-refractivity contribution in [3.05, 3.63) is 45.4 Å². The maximum Gasteiger partial charge on any atom is 0.211 e. The molecular formula is C22H25Cl2N3O. The molecule has 4 rings (SSSR count). The second-order valence-corrected chi connectivity index (χ2v) is 8.18. The average molecular weight is 418 g/mol. The number of hydrogen-bond donors (Lipinski definition) is 0. The molecular weight excluding hydrogens is 393 g/mol. The van der Waals surface area contributed by atoms with Gasteiger partial charge in [0.2, 0.25) is 5.95 Å². The summed E-state index contributed by atoms with van der Waals surface area (Å²) < 4.78 is 7.95. The van der Waals surface area contributed by atoms with Gasteiger partial charge >= 0.3 is 0 Å². The number of hydrogen-bond acceptors (Lipinski definition) is 3. The van der Waals surface area contributed by atoms with Crippen LogP contribution < -0.4 is 9.64 Å². The lowest BCUT2D eigenvalue weighted by atomic mass is 9.93. The molecule has 3 aromatic rings. The maximum absolute atomic E-state index is 6.55. The zero-order valence-electron chi connectivity index (χ0n) is 16.7. The van der Waals surface area contributed by atoms with Crippen molar-refractivity contribution in [1.82, 2.24) is 9.55 Å². The monoisotopic (exact) mass is 417 g/mol. The Bertz CT molecular complexity index is 1040. The van der Waals surface area contributed by atoms with Gasteiger partial charge in [0.1, 0.15) is 11.3 Å². The van der Waals surface area contributed by atoms with E-state index in [2.05, 4.69) is 36.3 Å². The summed E-state index contributed by atoms with van der Waals surface area (Å²) in [5.74, 6) is 2.18. The molecule has 0 N–H and O–H groups in total. The highest BCUT2D eigenvalue weighted by molar-refractivity contribution is 6.35. The fourth-order valence-electron chi connectivity index (χ4n) is 4.41. The highest BCUT2D eigenvalue weighted by Crippen LogP contribution is 2.44. The third kappa shape index (κ3) is 2.94. The first-order chi connectivity index (χ1) is 13.5. The predicted octanol–water partition coefficient (Wildman–Crippen LogP) is 6.72. The Morgan fingerprint density at radius 3 is 2.57 bits per heavy atom. The van der Waals surface area contributed by atoms with Crippen molar-refractivity contribution in [3.63, 3.8) is 0 Å². The zero-order valence-corrected chi connectivity index (χ0v) is 18.2. The first kappa shape index (κ1) is 19.4. The summed E-state index contributed by atoms with van der Waals surface area (Å²) in [4.78, 5) is 7.19. The van der Waals surface area contributed by atoms with Crippen molar-refractivity contribution in [3.8, 4) is 5.75 Å². The summed E-state index contributed by atoms with van der Waals surface area (Å²) in [6, 6.07) is 7.98. The van der Waals surface area contributed by atoms with Crippen molar-refractivity contribution >= 4 is 45.9 Å². The van der Waals surface area contributed by atoms with Gasteiger partial charge in [0, 0.05) is 24.2 Å². The smallest absolute Gasteiger partial charge is 0.211 e. The van der Waals surface area contributed by atoms with Gasteiger partial charge in [-0.1, -0.05) is 43.1 Å². The molecule has 2 aromatic carbocycles. The molecule has 1 aliphatic rings. The van der Waals surface area contributed by atoms with E-state index >= 15 is 0 Å². The SMILES string of the molecule is CCC(CC)c1ccc(Cl)c2nc3n(c12)CCN3c1c(C)cc(Cl)cc1OC. The van der Waals surface area contributed by atoms with Crippen LogP contribution in [0.4, 0.5) is 11.6 Å². The van der Waals surface area contributed by atoms with Crippen molar-refractivity contribution in [2.24, 2.45) is 0 Å². The van der Waals surface area contributed by atoms with Crippen LogP contribution in [0.5, 0.6) is 5.75 Å². The van der Waals surface area contributed by atoms with Crippen LogP contribution in [-0.2, 0) is 6.54 Å². The van der Waals surface area contributed by atoms with Gasteiger partial charge in [-0.05, 0) is 48.9 Å². The number of anilines is 2. The third-order valence-electron chi connectivity index (χ3n) is 5.79. The standard InChI is InChI=1S/C22H25Cl2N3O/c1-5-14(6-2)16-7-8-17(24)19-21(16)27-10-9-26(22(27)25-19)20-13(3)11-15(23)12-18(20)28-4/h7-8,11-12,14H,5-6,9-10H2,1-4H3. The Morgan fingerprint density at radius 2 is 1.89 bits per heavy atom. The van der Waals surface area contributed by atoms with Crippen LogP contribution in [0.25, 0.3) is 11.0 Å². The molecule has 0 saturated carbocycles. The fourth-order valence-corrected chi connectivity index (χ4v) is 4.87. The zero-order chi connectivity index (χ0) is 20.0. The van der Waals surface area contributed by atoms with E-state index in [1.54, 1.807) is 7.11 Å². The number of benzene rings is 2. The molecule has 4 nitrogen and oxygen atoms in total. The van der Waals surface area contributed by atoms with E-state index in [1.165, 1.54) is 11.1 Å². The van der Waals surface area contributed by atoms with E-state index in [0.29, 0.717) is 16.0 Å². The summed E-state index contributed by atoms with van der Waals surface area (Å²) in [7, 11) is 1.68. The summed E-state index contributed by atoms with van der Waals surface area (Å²) in [5.41, 5.74) is 5.47. The van der Waals surface area contributed by atoms with Crippen LogP contribution >= 0.6 is 23.2 Å². The molecule has 1 aromatic heterocycles. The topological polar surface area (TPSA) is 30.3 Å². The maximum atomic E-state index is 6.55. The summed E-state index contributed by atoms with van der Waals surface area (Å²) >= 11 is 12.8. The molecule has 0 fully saturated rings. The molecule has 148 valence electrons. The van der Waals surface area contributed by atoms with E-state index in [4.69, 9.17) is 32.9 Å². The Balaban J connectivity index is 1.93. The molecule has 1 aliphatic heterocycles. The molecule has 0 atom stereocenters. The van der Waals surface area contributed by atoms with E-state index < -0.39 is 0 Å². The Hall–Kier alpha value is -1.91.